The van der Waals surface area contributed by atoms with Crippen molar-refractivity contribution < 1.29 is 5.11 Å². The van der Waals surface area contributed by atoms with Crippen LogP contribution in [0.3, 0.4) is 0 Å². The topological polar surface area (TPSA) is 20.2 Å². The summed E-state index contributed by atoms with van der Waals surface area (Å²) in [5.41, 5.74) is 3.47. The van der Waals surface area contributed by atoms with Gasteiger partial charge in [-0.25, -0.2) is 0 Å². The lowest BCUT2D eigenvalue weighted by molar-refractivity contribution is 0.475. The molecular weight excluding hydrogens is 220 g/mol. The lowest BCUT2D eigenvalue weighted by Crippen LogP contribution is -1.74. The third-order valence-corrected chi connectivity index (χ3v) is 2.63. The van der Waals surface area contributed by atoms with Crippen molar-refractivity contribution in [3.63, 3.8) is 0 Å². The van der Waals surface area contributed by atoms with Gasteiger partial charge in [0.25, 0.3) is 0 Å². The monoisotopic (exact) mass is 236 g/mol. The number of benzene rings is 2. The van der Waals surface area contributed by atoms with Crippen molar-refractivity contribution in [1.82, 2.24) is 0 Å². The maximum absolute atomic E-state index is 9.19. The van der Waals surface area contributed by atoms with Gasteiger partial charge in [0.05, 0.1) is 0 Å². The van der Waals surface area contributed by atoms with E-state index in [2.05, 4.69) is 31.2 Å². The Kier molecular flexibility index (Phi) is 3.98. The molecule has 2 aromatic carbocycles. The number of hydrogen-bond acceptors (Lipinski definition) is 1. The van der Waals surface area contributed by atoms with E-state index in [9.17, 15) is 5.11 Å². The van der Waals surface area contributed by atoms with Crippen LogP contribution in [0.2, 0.25) is 0 Å². The van der Waals surface area contributed by atoms with Crippen LogP contribution in [-0.4, -0.2) is 5.11 Å². The summed E-state index contributed by atoms with van der Waals surface area (Å²) in [7, 11) is 0. The first kappa shape index (κ1) is 12.2. The Bertz CT molecular complexity index is 548. The molecule has 2 rings (SSSR count). The van der Waals surface area contributed by atoms with Crippen LogP contribution < -0.4 is 0 Å². The maximum atomic E-state index is 9.19. The normalized spacial score (nSPS) is 11.9. The highest BCUT2D eigenvalue weighted by Crippen LogP contribution is 2.13. The smallest absolute Gasteiger partial charge is 0.115 e. The molecule has 1 N–H and O–H groups in total. The summed E-state index contributed by atoms with van der Waals surface area (Å²) in [6.07, 6.45) is 6.24. The highest BCUT2D eigenvalue weighted by molar-refractivity contribution is 5.61. The fraction of sp³-hybridized carbons (Fsp3) is 0.0588. The minimum atomic E-state index is 0.295. The lowest BCUT2D eigenvalue weighted by Gasteiger charge is -1.96. The van der Waals surface area contributed by atoms with Crippen LogP contribution in [0.25, 0.3) is 12.2 Å². The molecule has 0 spiro atoms. The van der Waals surface area contributed by atoms with Gasteiger partial charge < -0.3 is 5.11 Å². The Morgan fingerprint density at radius 2 is 1.56 bits per heavy atom. The standard InChI is InChI=1S/C17H16O/c1-14(13-16-5-3-2-4-6-16)7-8-15-9-11-17(18)12-10-15/h2-13,18H,1H3. The summed E-state index contributed by atoms with van der Waals surface area (Å²) in [4.78, 5) is 0. The Labute approximate surface area is 108 Å². The number of rotatable bonds is 3. The van der Waals surface area contributed by atoms with Crippen molar-refractivity contribution in [2.75, 3.05) is 0 Å². The fourth-order valence-corrected chi connectivity index (χ4v) is 1.67. The Hall–Kier alpha value is -2.28. The molecule has 0 aliphatic carbocycles. The molecule has 1 nitrogen and oxygen atoms in total. The average Bonchev–Trinajstić information content (AvgIpc) is 2.39. The van der Waals surface area contributed by atoms with Gasteiger partial charge >= 0.3 is 0 Å². The molecular formula is C17H16O. The van der Waals surface area contributed by atoms with Gasteiger partial charge in [0.15, 0.2) is 0 Å². The van der Waals surface area contributed by atoms with E-state index in [1.807, 2.05) is 36.4 Å². The first-order valence-corrected chi connectivity index (χ1v) is 5.94. The maximum Gasteiger partial charge on any atom is 0.115 e. The number of aromatic hydroxyl groups is 1. The van der Waals surface area contributed by atoms with Gasteiger partial charge in [0, 0.05) is 0 Å². The van der Waals surface area contributed by atoms with E-state index < -0.39 is 0 Å². The molecule has 90 valence electrons. The molecule has 1 heteroatoms. The van der Waals surface area contributed by atoms with E-state index in [1.54, 1.807) is 12.1 Å². The second-order valence-electron chi connectivity index (χ2n) is 4.22. The molecule has 0 bridgehead atoms. The largest absolute Gasteiger partial charge is 0.508 e. The Balaban J connectivity index is 2.09. The molecule has 0 saturated heterocycles. The van der Waals surface area contributed by atoms with Crippen LogP contribution in [0.4, 0.5) is 0 Å². The fourth-order valence-electron chi connectivity index (χ4n) is 1.67. The number of phenolic OH excluding ortho intramolecular Hbond substituents is 1. The first-order valence-electron chi connectivity index (χ1n) is 5.94. The van der Waals surface area contributed by atoms with Crippen LogP contribution in [0.1, 0.15) is 18.1 Å². The van der Waals surface area contributed by atoms with E-state index >= 15 is 0 Å². The van der Waals surface area contributed by atoms with Gasteiger partial charge in [-0.1, -0.05) is 66.3 Å². The average molecular weight is 236 g/mol. The van der Waals surface area contributed by atoms with Crippen molar-refractivity contribution in [1.29, 1.82) is 0 Å². The molecule has 0 heterocycles. The summed E-state index contributed by atoms with van der Waals surface area (Å²) < 4.78 is 0. The first-order chi connectivity index (χ1) is 8.74. The summed E-state index contributed by atoms with van der Waals surface area (Å²) in [6.45, 7) is 2.07. The molecule has 0 unspecified atom stereocenters. The third kappa shape index (κ3) is 3.63. The van der Waals surface area contributed by atoms with Crippen molar-refractivity contribution >= 4 is 12.2 Å². The zero-order valence-electron chi connectivity index (χ0n) is 10.4. The van der Waals surface area contributed by atoms with Crippen molar-refractivity contribution in [3.8, 4) is 5.75 Å². The van der Waals surface area contributed by atoms with Gasteiger partial charge in [-0.3, -0.25) is 0 Å². The van der Waals surface area contributed by atoms with Crippen molar-refractivity contribution in [2.24, 2.45) is 0 Å². The number of hydrogen-bond donors (Lipinski definition) is 1. The summed E-state index contributed by atoms with van der Waals surface area (Å²) in [5, 5.41) is 9.19. The van der Waals surface area contributed by atoms with E-state index in [0.717, 1.165) is 5.56 Å². The molecule has 2 aromatic rings. The highest BCUT2D eigenvalue weighted by atomic mass is 16.3. The van der Waals surface area contributed by atoms with Gasteiger partial charge in [0.1, 0.15) is 5.75 Å². The minimum absolute atomic E-state index is 0.295. The zero-order chi connectivity index (χ0) is 12.8. The molecule has 0 radical (unpaired) electrons. The lowest BCUT2D eigenvalue weighted by atomic mass is 10.1. The molecule has 0 fully saturated rings. The van der Waals surface area contributed by atoms with E-state index in [0.29, 0.717) is 5.75 Å². The predicted octanol–water partition coefficient (Wildman–Crippen LogP) is 4.51. The van der Waals surface area contributed by atoms with Gasteiger partial charge in [0.2, 0.25) is 0 Å². The quantitative estimate of drug-likeness (QED) is 0.777. The molecule has 18 heavy (non-hydrogen) atoms. The van der Waals surface area contributed by atoms with Crippen LogP contribution >= 0.6 is 0 Å². The summed E-state index contributed by atoms with van der Waals surface area (Å²) >= 11 is 0. The van der Waals surface area contributed by atoms with Gasteiger partial charge in [-0.2, -0.15) is 0 Å². The third-order valence-electron chi connectivity index (χ3n) is 2.63. The van der Waals surface area contributed by atoms with Crippen LogP contribution in [0, 0.1) is 0 Å². The molecule has 0 aromatic heterocycles. The van der Waals surface area contributed by atoms with Crippen LogP contribution in [0.15, 0.2) is 66.2 Å². The number of allylic oxidation sites excluding steroid dienone is 2. The summed E-state index contributed by atoms with van der Waals surface area (Å²) in [6, 6.07) is 17.4. The van der Waals surface area contributed by atoms with E-state index in [4.69, 9.17) is 0 Å². The molecule has 0 aliphatic heterocycles. The van der Waals surface area contributed by atoms with E-state index in [1.165, 1.54) is 11.1 Å². The SMILES string of the molecule is CC(C=Cc1ccc(O)cc1)=Cc1ccccc1. The number of phenols is 1. The van der Waals surface area contributed by atoms with Crippen LogP contribution in [-0.2, 0) is 0 Å². The predicted molar refractivity (Wildman–Crippen MR) is 77.2 cm³/mol. The van der Waals surface area contributed by atoms with Crippen molar-refractivity contribution in [3.05, 3.63) is 77.4 Å². The highest BCUT2D eigenvalue weighted by Gasteiger charge is 1.89. The minimum Gasteiger partial charge on any atom is -0.508 e. The molecule has 0 amide bonds. The molecule has 0 saturated carbocycles. The van der Waals surface area contributed by atoms with Crippen molar-refractivity contribution in [2.45, 2.75) is 6.92 Å². The van der Waals surface area contributed by atoms with Gasteiger partial charge in [-0.15, -0.1) is 0 Å². The second-order valence-corrected chi connectivity index (χ2v) is 4.22. The Morgan fingerprint density at radius 1 is 0.889 bits per heavy atom. The summed E-state index contributed by atoms with van der Waals surface area (Å²) in [5.74, 6) is 0.295. The van der Waals surface area contributed by atoms with Crippen LogP contribution in [0.5, 0.6) is 5.75 Å². The van der Waals surface area contributed by atoms with Gasteiger partial charge in [-0.05, 0) is 30.2 Å². The second kappa shape index (κ2) is 5.87. The molecule has 0 atom stereocenters. The van der Waals surface area contributed by atoms with E-state index in [-0.39, 0.29) is 0 Å². The molecule has 0 aliphatic rings. The zero-order valence-corrected chi connectivity index (χ0v) is 10.4. The Morgan fingerprint density at radius 3 is 2.22 bits per heavy atom.